The summed E-state index contributed by atoms with van der Waals surface area (Å²) >= 11 is 5.88. The number of hydrogen-bond donors (Lipinski definition) is 3. The van der Waals surface area contributed by atoms with Gasteiger partial charge in [0.2, 0.25) is 5.91 Å². The van der Waals surface area contributed by atoms with Gasteiger partial charge in [-0.3, -0.25) is 9.59 Å². The van der Waals surface area contributed by atoms with Gasteiger partial charge < -0.3 is 15.6 Å². The summed E-state index contributed by atoms with van der Waals surface area (Å²) < 4.78 is 0. The lowest BCUT2D eigenvalue weighted by molar-refractivity contribution is -0.121. The SMILES string of the molecule is O=C(Nc1ccc(Cl)cc1)C1CCCN(C(=O)c2ccc3c(c2)NNC3)C1. The zero-order valence-electron chi connectivity index (χ0n) is 14.8. The Morgan fingerprint density at radius 3 is 2.78 bits per heavy atom. The zero-order chi connectivity index (χ0) is 18.8. The molecule has 1 saturated heterocycles. The molecule has 0 bridgehead atoms. The standard InChI is InChI=1S/C20H21ClN4O2/c21-16-5-7-17(8-6-16)23-19(26)15-2-1-9-25(12-15)20(27)13-3-4-14-11-22-24-18(14)10-13/h3-8,10,15,22,24H,1-2,9,11-12H2,(H,23,26). The molecule has 0 saturated carbocycles. The van der Waals surface area contributed by atoms with E-state index in [2.05, 4.69) is 16.2 Å². The third kappa shape index (κ3) is 3.91. The second-order valence-electron chi connectivity index (χ2n) is 6.94. The summed E-state index contributed by atoms with van der Waals surface area (Å²) in [5.41, 5.74) is 9.55. The van der Waals surface area contributed by atoms with Crippen molar-refractivity contribution in [3.63, 3.8) is 0 Å². The average molecular weight is 385 g/mol. The van der Waals surface area contributed by atoms with Gasteiger partial charge in [-0.15, -0.1) is 0 Å². The van der Waals surface area contributed by atoms with E-state index in [0.29, 0.717) is 29.4 Å². The van der Waals surface area contributed by atoms with Crippen LogP contribution in [0.2, 0.25) is 5.02 Å². The Kier molecular flexibility index (Phi) is 5.01. The van der Waals surface area contributed by atoms with Crippen LogP contribution in [0.3, 0.4) is 0 Å². The number of carbonyl (C=O) groups excluding carboxylic acids is 2. The lowest BCUT2D eigenvalue weighted by atomic mass is 9.96. The van der Waals surface area contributed by atoms with Gasteiger partial charge in [-0.05, 0) is 54.8 Å². The van der Waals surface area contributed by atoms with Crippen molar-refractivity contribution in [2.75, 3.05) is 23.8 Å². The van der Waals surface area contributed by atoms with E-state index in [0.717, 1.165) is 30.6 Å². The molecule has 4 rings (SSSR count). The lowest BCUT2D eigenvalue weighted by Crippen LogP contribution is -2.43. The lowest BCUT2D eigenvalue weighted by Gasteiger charge is -2.32. The fourth-order valence-electron chi connectivity index (χ4n) is 3.55. The first-order valence-electron chi connectivity index (χ1n) is 9.07. The number of nitrogens with one attached hydrogen (secondary N) is 3. The third-order valence-corrected chi connectivity index (χ3v) is 5.30. The second-order valence-corrected chi connectivity index (χ2v) is 7.37. The fraction of sp³-hybridized carbons (Fsp3) is 0.300. The van der Waals surface area contributed by atoms with Crippen molar-refractivity contribution in [3.05, 3.63) is 58.6 Å². The maximum Gasteiger partial charge on any atom is 0.253 e. The Hall–Kier alpha value is -2.57. The average Bonchev–Trinajstić information content (AvgIpc) is 3.17. The van der Waals surface area contributed by atoms with Gasteiger partial charge in [0.05, 0.1) is 11.6 Å². The number of likely N-dealkylation sites (tertiary alicyclic amines) is 1. The molecule has 0 aromatic heterocycles. The quantitative estimate of drug-likeness (QED) is 0.759. The van der Waals surface area contributed by atoms with E-state index in [9.17, 15) is 9.59 Å². The second kappa shape index (κ2) is 7.58. The van der Waals surface area contributed by atoms with Crippen LogP contribution in [0.25, 0.3) is 0 Å². The van der Waals surface area contributed by atoms with Crippen LogP contribution >= 0.6 is 11.6 Å². The van der Waals surface area contributed by atoms with E-state index < -0.39 is 0 Å². The van der Waals surface area contributed by atoms with E-state index in [1.54, 1.807) is 29.2 Å². The van der Waals surface area contributed by atoms with Crippen LogP contribution in [0.5, 0.6) is 0 Å². The zero-order valence-corrected chi connectivity index (χ0v) is 15.6. The number of rotatable bonds is 3. The van der Waals surface area contributed by atoms with Crippen molar-refractivity contribution < 1.29 is 9.59 Å². The number of piperidine rings is 1. The minimum atomic E-state index is -0.215. The molecule has 2 aromatic carbocycles. The number of carbonyl (C=O) groups is 2. The number of anilines is 2. The van der Waals surface area contributed by atoms with Crippen molar-refractivity contribution in [1.82, 2.24) is 10.3 Å². The Morgan fingerprint density at radius 1 is 1.15 bits per heavy atom. The highest BCUT2D eigenvalue weighted by Crippen LogP contribution is 2.25. The number of hydrazine groups is 1. The maximum absolute atomic E-state index is 12.9. The molecule has 1 unspecified atom stereocenters. The van der Waals surface area contributed by atoms with E-state index in [1.165, 1.54) is 0 Å². The van der Waals surface area contributed by atoms with Gasteiger partial charge >= 0.3 is 0 Å². The monoisotopic (exact) mass is 384 g/mol. The molecular weight excluding hydrogens is 364 g/mol. The Bertz CT molecular complexity index is 869. The molecule has 27 heavy (non-hydrogen) atoms. The van der Waals surface area contributed by atoms with Gasteiger partial charge in [-0.2, -0.15) is 0 Å². The van der Waals surface area contributed by atoms with E-state index in [4.69, 9.17) is 11.6 Å². The molecule has 1 atom stereocenters. The summed E-state index contributed by atoms with van der Waals surface area (Å²) in [5, 5.41) is 3.54. The molecule has 2 heterocycles. The van der Waals surface area contributed by atoms with Gasteiger partial charge in [0, 0.05) is 35.9 Å². The highest BCUT2D eigenvalue weighted by molar-refractivity contribution is 6.30. The number of halogens is 1. The molecule has 3 N–H and O–H groups in total. The molecule has 0 spiro atoms. The molecule has 140 valence electrons. The van der Waals surface area contributed by atoms with Crippen LogP contribution in [0.4, 0.5) is 11.4 Å². The topological polar surface area (TPSA) is 73.5 Å². The molecule has 6 nitrogen and oxygen atoms in total. The number of hydrogen-bond acceptors (Lipinski definition) is 4. The summed E-state index contributed by atoms with van der Waals surface area (Å²) in [7, 11) is 0. The van der Waals surface area contributed by atoms with Crippen molar-refractivity contribution in [3.8, 4) is 0 Å². The van der Waals surface area contributed by atoms with Crippen LogP contribution in [0, 0.1) is 5.92 Å². The highest BCUT2D eigenvalue weighted by atomic mass is 35.5. The Labute approximate surface area is 162 Å². The van der Waals surface area contributed by atoms with Crippen molar-refractivity contribution in [1.29, 1.82) is 0 Å². The largest absolute Gasteiger partial charge is 0.338 e. The predicted molar refractivity (Wildman–Crippen MR) is 106 cm³/mol. The molecular formula is C20H21ClN4O2. The normalized spacial score (nSPS) is 18.6. The van der Waals surface area contributed by atoms with Crippen molar-refractivity contribution >= 4 is 34.8 Å². The van der Waals surface area contributed by atoms with Gasteiger partial charge in [-0.25, -0.2) is 5.43 Å². The number of nitrogens with zero attached hydrogens (tertiary/aromatic N) is 1. The molecule has 2 amide bonds. The molecule has 2 aliphatic rings. The number of fused-ring (bicyclic) bond motifs is 1. The van der Waals surface area contributed by atoms with Crippen LogP contribution in [-0.2, 0) is 11.3 Å². The van der Waals surface area contributed by atoms with Crippen LogP contribution < -0.4 is 16.2 Å². The molecule has 0 radical (unpaired) electrons. The first-order chi connectivity index (χ1) is 13.1. The highest BCUT2D eigenvalue weighted by Gasteiger charge is 2.29. The van der Waals surface area contributed by atoms with Crippen LogP contribution in [-0.4, -0.2) is 29.8 Å². The summed E-state index contributed by atoms with van der Waals surface area (Å²) in [6, 6.07) is 12.7. The maximum atomic E-state index is 12.9. The van der Waals surface area contributed by atoms with Crippen LogP contribution in [0.15, 0.2) is 42.5 Å². The fourth-order valence-corrected chi connectivity index (χ4v) is 3.68. The van der Waals surface area contributed by atoms with Crippen molar-refractivity contribution in [2.24, 2.45) is 5.92 Å². The number of benzene rings is 2. The minimum absolute atomic E-state index is 0.0320. The van der Waals surface area contributed by atoms with Crippen molar-refractivity contribution in [2.45, 2.75) is 19.4 Å². The minimum Gasteiger partial charge on any atom is -0.338 e. The first kappa shape index (κ1) is 17.8. The summed E-state index contributed by atoms with van der Waals surface area (Å²) in [6.07, 6.45) is 1.59. The number of amides is 2. The summed E-state index contributed by atoms with van der Waals surface area (Å²) in [4.78, 5) is 27.3. The first-order valence-corrected chi connectivity index (χ1v) is 9.45. The molecule has 0 aliphatic carbocycles. The van der Waals surface area contributed by atoms with Gasteiger partial charge in [0.15, 0.2) is 0 Å². The molecule has 1 fully saturated rings. The third-order valence-electron chi connectivity index (χ3n) is 5.05. The van der Waals surface area contributed by atoms with E-state index in [1.807, 2.05) is 18.2 Å². The van der Waals surface area contributed by atoms with Gasteiger partial charge in [-0.1, -0.05) is 17.7 Å². The molecule has 7 heteroatoms. The van der Waals surface area contributed by atoms with E-state index >= 15 is 0 Å². The van der Waals surface area contributed by atoms with E-state index in [-0.39, 0.29) is 17.7 Å². The Balaban J connectivity index is 1.42. The molecule has 2 aromatic rings. The van der Waals surface area contributed by atoms with Gasteiger partial charge in [0.1, 0.15) is 0 Å². The van der Waals surface area contributed by atoms with Crippen LogP contribution in [0.1, 0.15) is 28.8 Å². The summed E-state index contributed by atoms with van der Waals surface area (Å²) in [6.45, 7) is 1.85. The predicted octanol–water partition coefficient (Wildman–Crippen LogP) is 3.26. The Morgan fingerprint density at radius 2 is 1.96 bits per heavy atom. The van der Waals surface area contributed by atoms with Gasteiger partial charge in [0.25, 0.3) is 5.91 Å². The molecule has 2 aliphatic heterocycles. The summed E-state index contributed by atoms with van der Waals surface area (Å²) in [5.74, 6) is -0.308. The smallest absolute Gasteiger partial charge is 0.253 e.